The molecule has 1 aromatic carbocycles. The molecule has 0 bridgehead atoms. The molecule has 3 aromatic rings. The average Bonchev–Trinajstić information content (AvgIpc) is 2.89. The van der Waals surface area contributed by atoms with Gasteiger partial charge in [-0.25, -0.2) is 0 Å². The standard InChI is InChI=1S/C10H4Br2N2O2S2/c11-5-1-3-7(13-15)8(14-16)4-2-6(12)18-10(4)9(3)17-5/h1-2,13,15H. The number of hydrogen-bond donors (Lipinski definition) is 2. The highest BCUT2D eigenvalue weighted by Crippen LogP contribution is 2.49. The maximum absolute atomic E-state index is 11.0. The van der Waals surface area contributed by atoms with Crippen LogP contribution in [0.3, 0.4) is 0 Å². The molecule has 3 rings (SSSR count). The summed E-state index contributed by atoms with van der Waals surface area (Å²) in [4.78, 5) is 11.0. The van der Waals surface area contributed by atoms with Crippen LogP contribution in [0.15, 0.2) is 24.9 Å². The van der Waals surface area contributed by atoms with E-state index in [9.17, 15) is 10.1 Å². The Morgan fingerprint density at radius 2 is 1.67 bits per heavy atom. The molecule has 0 fully saturated rings. The molecule has 2 heterocycles. The van der Waals surface area contributed by atoms with E-state index >= 15 is 0 Å². The number of nitrogens with one attached hydrogen (secondary N) is 1. The summed E-state index contributed by atoms with van der Waals surface area (Å²) in [5, 5.41) is 13.8. The zero-order chi connectivity index (χ0) is 12.9. The zero-order valence-electron chi connectivity index (χ0n) is 8.53. The van der Waals surface area contributed by atoms with E-state index in [-0.39, 0.29) is 5.69 Å². The average molecular weight is 408 g/mol. The Bertz CT molecular complexity index is 781. The van der Waals surface area contributed by atoms with Crippen LogP contribution in [0.1, 0.15) is 0 Å². The fraction of sp³-hybridized carbons (Fsp3) is 0. The smallest absolute Gasteiger partial charge is 0.142 e. The monoisotopic (exact) mass is 406 g/mol. The van der Waals surface area contributed by atoms with Gasteiger partial charge < -0.3 is 0 Å². The second kappa shape index (κ2) is 4.53. The molecule has 0 radical (unpaired) electrons. The number of thiophene rings is 2. The summed E-state index contributed by atoms with van der Waals surface area (Å²) in [5.41, 5.74) is 2.66. The van der Waals surface area contributed by atoms with Crippen LogP contribution in [-0.4, -0.2) is 5.21 Å². The minimum absolute atomic E-state index is 0.229. The van der Waals surface area contributed by atoms with E-state index in [2.05, 4.69) is 42.5 Å². The van der Waals surface area contributed by atoms with Crippen LogP contribution in [0.5, 0.6) is 0 Å². The Kier molecular flexibility index (Phi) is 3.15. The summed E-state index contributed by atoms with van der Waals surface area (Å²) in [5.74, 6) is 0. The molecule has 0 atom stereocenters. The van der Waals surface area contributed by atoms with E-state index in [4.69, 9.17) is 0 Å². The first-order valence-corrected chi connectivity index (χ1v) is 7.95. The van der Waals surface area contributed by atoms with E-state index in [1.54, 1.807) is 22.7 Å². The molecular weight excluding hydrogens is 404 g/mol. The molecule has 92 valence electrons. The third-order valence-corrected chi connectivity index (χ3v) is 6.01. The van der Waals surface area contributed by atoms with E-state index < -0.39 is 0 Å². The molecule has 0 unspecified atom stereocenters. The lowest BCUT2D eigenvalue weighted by Crippen LogP contribution is -1.90. The van der Waals surface area contributed by atoms with Gasteiger partial charge in [0.15, 0.2) is 0 Å². The Morgan fingerprint density at radius 3 is 2.22 bits per heavy atom. The molecule has 0 saturated heterocycles. The van der Waals surface area contributed by atoms with Crippen molar-refractivity contribution in [2.24, 2.45) is 5.18 Å². The van der Waals surface area contributed by atoms with Crippen molar-refractivity contribution < 1.29 is 5.21 Å². The molecule has 18 heavy (non-hydrogen) atoms. The van der Waals surface area contributed by atoms with Crippen molar-refractivity contribution in [2.75, 3.05) is 5.48 Å². The van der Waals surface area contributed by atoms with Crippen molar-refractivity contribution in [1.29, 1.82) is 0 Å². The first-order chi connectivity index (χ1) is 8.65. The van der Waals surface area contributed by atoms with E-state index in [0.29, 0.717) is 5.69 Å². The predicted octanol–water partition coefficient (Wildman–Crippen LogP) is 5.84. The molecule has 8 heteroatoms. The Labute approximate surface area is 126 Å². The molecule has 4 nitrogen and oxygen atoms in total. The van der Waals surface area contributed by atoms with Crippen LogP contribution >= 0.6 is 54.5 Å². The second-order valence-corrected chi connectivity index (χ2v) is 8.38. The first-order valence-electron chi connectivity index (χ1n) is 4.73. The van der Waals surface area contributed by atoms with Crippen LogP contribution in [0.4, 0.5) is 11.4 Å². The molecule has 0 aliphatic carbocycles. The van der Waals surface area contributed by atoms with Crippen molar-refractivity contribution in [3.63, 3.8) is 0 Å². The number of nitroso groups, excluding NO2 is 1. The largest absolute Gasteiger partial charge is 0.291 e. The number of halogens is 2. The van der Waals surface area contributed by atoms with Gasteiger partial charge >= 0.3 is 0 Å². The van der Waals surface area contributed by atoms with Crippen molar-refractivity contribution >= 4 is 86.1 Å². The highest BCUT2D eigenvalue weighted by molar-refractivity contribution is 9.11. The molecule has 0 spiro atoms. The number of hydrogen-bond acceptors (Lipinski definition) is 6. The normalized spacial score (nSPS) is 11.3. The SMILES string of the molecule is O=Nc1c(NO)c2cc(Br)sc2c2sc(Br)cc12. The van der Waals surface area contributed by atoms with Gasteiger partial charge in [0.25, 0.3) is 0 Å². The summed E-state index contributed by atoms with van der Waals surface area (Å²) in [6.45, 7) is 0. The molecule has 0 aliphatic rings. The lowest BCUT2D eigenvalue weighted by atomic mass is 10.1. The van der Waals surface area contributed by atoms with Gasteiger partial charge in [-0.3, -0.25) is 10.7 Å². The topological polar surface area (TPSA) is 61.7 Å². The lowest BCUT2D eigenvalue weighted by Gasteiger charge is -2.05. The summed E-state index contributed by atoms with van der Waals surface area (Å²) in [6.07, 6.45) is 0. The minimum Gasteiger partial charge on any atom is -0.291 e. The van der Waals surface area contributed by atoms with Gasteiger partial charge in [-0.05, 0) is 49.2 Å². The molecule has 0 saturated carbocycles. The lowest BCUT2D eigenvalue weighted by molar-refractivity contribution is 0.390. The summed E-state index contributed by atoms with van der Waals surface area (Å²) in [7, 11) is 0. The number of rotatable bonds is 2. The third-order valence-electron chi connectivity index (χ3n) is 2.57. The predicted molar refractivity (Wildman–Crippen MR) is 83.5 cm³/mol. The first kappa shape index (κ1) is 12.5. The van der Waals surface area contributed by atoms with Crippen LogP contribution in [-0.2, 0) is 0 Å². The molecule has 0 aliphatic heterocycles. The molecule has 2 aromatic heterocycles. The van der Waals surface area contributed by atoms with Crippen LogP contribution in [0, 0.1) is 4.91 Å². The van der Waals surface area contributed by atoms with Gasteiger partial charge in [0.2, 0.25) is 0 Å². The van der Waals surface area contributed by atoms with Crippen LogP contribution < -0.4 is 5.48 Å². The summed E-state index contributed by atoms with van der Waals surface area (Å²) in [6, 6.07) is 3.70. The maximum atomic E-state index is 11.0. The van der Waals surface area contributed by atoms with E-state index in [0.717, 1.165) is 27.7 Å². The number of benzene rings is 1. The fourth-order valence-corrected chi connectivity index (χ4v) is 5.26. The summed E-state index contributed by atoms with van der Waals surface area (Å²) < 4.78 is 3.85. The van der Waals surface area contributed by atoms with Crippen LogP contribution in [0.2, 0.25) is 0 Å². The molecule has 0 amide bonds. The highest BCUT2D eigenvalue weighted by Gasteiger charge is 2.19. The van der Waals surface area contributed by atoms with Crippen molar-refractivity contribution in [1.82, 2.24) is 0 Å². The van der Waals surface area contributed by atoms with Crippen LogP contribution in [0.25, 0.3) is 20.2 Å². The number of nitrogens with zero attached hydrogens (tertiary/aromatic N) is 1. The van der Waals surface area contributed by atoms with Crippen molar-refractivity contribution in [3.05, 3.63) is 24.6 Å². The molecular formula is C10H4Br2N2O2S2. The van der Waals surface area contributed by atoms with Gasteiger partial charge in [0.05, 0.1) is 22.7 Å². The number of anilines is 1. The van der Waals surface area contributed by atoms with Gasteiger partial charge in [-0.1, -0.05) is 0 Å². The second-order valence-electron chi connectivity index (χ2n) is 3.51. The minimum atomic E-state index is 0.229. The zero-order valence-corrected chi connectivity index (χ0v) is 13.3. The maximum Gasteiger partial charge on any atom is 0.142 e. The van der Waals surface area contributed by atoms with Gasteiger partial charge in [-0.2, -0.15) is 0 Å². The molecule has 2 N–H and O–H groups in total. The Hall–Kier alpha value is -0.540. The quantitative estimate of drug-likeness (QED) is 0.414. The highest BCUT2D eigenvalue weighted by atomic mass is 79.9. The summed E-state index contributed by atoms with van der Waals surface area (Å²) >= 11 is 9.93. The van der Waals surface area contributed by atoms with Crippen molar-refractivity contribution in [3.8, 4) is 0 Å². The Balaban J connectivity index is 2.63. The van der Waals surface area contributed by atoms with Gasteiger partial charge in [0, 0.05) is 10.8 Å². The van der Waals surface area contributed by atoms with E-state index in [1.807, 2.05) is 12.1 Å². The number of fused-ring (bicyclic) bond motifs is 3. The Morgan fingerprint density at radius 1 is 1.11 bits per heavy atom. The van der Waals surface area contributed by atoms with Gasteiger partial charge in [0.1, 0.15) is 5.69 Å². The fourth-order valence-electron chi connectivity index (χ4n) is 1.89. The third kappa shape index (κ3) is 1.71. The van der Waals surface area contributed by atoms with E-state index in [1.165, 1.54) is 0 Å². The van der Waals surface area contributed by atoms with Crippen molar-refractivity contribution in [2.45, 2.75) is 0 Å². The van der Waals surface area contributed by atoms with Gasteiger partial charge in [-0.15, -0.1) is 27.6 Å².